The summed E-state index contributed by atoms with van der Waals surface area (Å²) in [4.78, 5) is 22.7. The summed E-state index contributed by atoms with van der Waals surface area (Å²) in [5.74, 6) is -0.434. The Labute approximate surface area is 120 Å². The van der Waals surface area contributed by atoms with Crippen LogP contribution in [0.4, 0.5) is 10.5 Å². The molecule has 0 fully saturated rings. The molecule has 2 rings (SSSR count). The van der Waals surface area contributed by atoms with Crippen molar-refractivity contribution in [2.24, 2.45) is 7.05 Å². The molecule has 0 aliphatic rings. The number of carbonyl (C=O) groups is 2. The molecule has 0 saturated carbocycles. The molecule has 1 aromatic carbocycles. The number of aromatic carboxylic acids is 1. The van der Waals surface area contributed by atoms with E-state index in [9.17, 15) is 9.59 Å². The third-order valence-corrected chi connectivity index (χ3v) is 2.85. The van der Waals surface area contributed by atoms with E-state index in [2.05, 4.69) is 20.8 Å². The van der Waals surface area contributed by atoms with Crippen LogP contribution in [0.25, 0.3) is 0 Å². The monoisotopic (exact) mass is 289 g/mol. The number of amides is 2. The number of urea groups is 1. The fourth-order valence-electron chi connectivity index (χ4n) is 1.84. The zero-order valence-electron chi connectivity index (χ0n) is 11.6. The SMILES string of the molecule is CC(NC(=O)Nc1cccc(C(=O)O)c1)c1nncn1C. The molecule has 1 atom stereocenters. The quantitative estimate of drug-likeness (QED) is 0.788. The standard InChI is InChI=1S/C13H15N5O3/c1-8(11-17-14-7-18(11)2)15-13(21)16-10-5-3-4-9(6-10)12(19)20/h3-8H,1-2H3,(H,19,20)(H2,15,16,21). The molecule has 3 N–H and O–H groups in total. The van der Waals surface area contributed by atoms with Crippen molar-refractivity contribution in [2.75, 3.05) is 5.32 Å². The summed E-state index contributed by atoms with van der Waals surface area (Å²) in [6.45, 7) is 1.78. The van der Waals surface area contributed by atoms with Gasteiger partial charge in [-0.2, -0.15) is 0 Å². The maximum atomic E-state index is 11.9. The van der Waals surface area contributed by atoms with Crippen LogP contribution in [0.15, 0.2) is 30.6 Å². The van der Waals surface area contributed by atoms with Crippen molar-refractivity contribution >= 4 is 17.7 Å². The molecule has 0 radical (unpaired) electrons. The number of hydrogen-bond donors (Lipinski definition) is 3. The summed E-state index contributed by atoms with van der Waals surface area (Å²) in [6.07, 6.45) is 1.54. The molecule has 110 valence electrons. The highest BCUT2D eigenvalue weighted by atomic mass is 16.4. The molecule has 1 heterocycles. The Morgan fingerprint density at radius 1 is 1.38 bits per heavy atom. The minimum Gasteiger partial charge on any atom is -0.478 e. The number of aryl methyl sites for hydroxylation is 1. The first kappa shape index (κ1) is 14.5. The van der Waals surface area contributed by atoms with E-state index in [0.717, 1.165) is 0 Å². The zero-order chi connectivity index (χ0) is 15.4. The van der Waals surface area contributed by atoms with Gasteiger partial charge in [0.25, 0.3) is 0 Å². The van der Waals surface area contributed by atoms with E-state index in [0.29, 0.717) is 11.5 Å². The summed E-state index contributed by atoms with van der Waals surface area (Å²) >= 11 is 0. The number of nitrogens with zero attached hydrogens (tertiary/aromatic N) is 3. The molecular weight excluding hydrogens is 274 g/mol. The largest absolute Gasteiger partial charge is 0.478 e. The predicted octanol–water partition coefficient (Wildman–Crippen LogP) is 1.40. The van der Waals surface area contributed by atoms with Crippen LogP contribution in [0, 0.1) is 0 Å². The van der Waals surface area contributed by atoms with Gasteiger partial charge in [0.1, 0.15) is 6.33 Å². The lowest BCUT2D eigenvalue weighted by Crippen LogP contribution is -2.32. The average molecular weight is 289 g/mol. The van der Waals surface area contributed by atoms with Crippen LogP contribution >= 0.6 is 0 Å². The van der Waals surface area contributed by atoms with Crippen molar-refractivity contribution in [3.8, 4) is 0 Å². The molecule has 8 heteroatoms. The fraction of sp³-hybridized carbons (Fsp3) is 0.231. The fourth-order valence-corrected chi connectivity index (χ4v) is 1.84. The lowest BCUT2D eigenvalue weighted by atomic mass is 10.2. The Morgan fingerprint density at radius 3 is 2.76 bits per heavy atom. The van der Waals surface area contributed by atoms with Crippen molar-refractivity contribution in [1.82, 2.24) is 20.1 Å². The van der Waals surface area contributed by atoms with Gasteiger partial charge in [-0.3, -0.25) is 0 Å². The van der Waals surface area contributed by atoms with Crippen molar-refractivity contribution in [3.05, 3.63) is 42.0 Å². The minimum absolute atomic E-state index is 0.106. The van der Waals surface area contributed by atoms with Crippen molar-refractivity contribution in [2.45, 2.75) is 13.0 Å². The van der Waals surface area contributed by atoms with E-state index in [-0.39, 0.29) is 11.6 Å². The highest BCUT2D eigenvalue weighted by Crippen LogP contribution is 2.12. The van der Waals surface area contributed by atoms with Crippen LogP contribution in [-0.4, -0.2) is 31.9 Å². The van der Waals surface area contributed by atoms with Crippen LogP contribution in [0.3, 0.4) is 0 Å². The van der Waals surface area contributed by atoms with E-state index in [1.54, 1.807) is 37.0 Å². The number of nitrogens with one attached hydrogen (secondary N) is 2. The Morgan fingerprint density at radius 2 is 2.14 bits per heavy atom. The van der Waals surface area contributed by atoms with Crippen LogP contribution in [0.5, 0.6) is 0 Å². The second-order valence-corrected chi connectivity index (χ2v) is 4.51. The number of rotatable bonds is 4. The molecule has 0 saturated heterocycles. The number of carboxylic acid groups (broad SMARTS) is 1. The third kappa shape index (κ3) is 3.56. The van der Waals surface area contributed by atoms with Crippen LogP contribution in [0.1, 0.15) is 29.1 Å². The number of benzene rings is 1. The second-order valence-electron chi connectivity index (χ2n) is 4.51. The van der Waals surface area contributed by atoms with E-state index >= 15 is 0 Å². The molecule has 2 amide bonds. The number of carboxylic acids is 1. The van der Waals surface area contributed by atoms with Gasteiger partial charge in [-0.25, -0.2) is 9.59 Å². The van der Waals surface area contributed by atoms with E-state index in [1.807, 2.05) is 0 Å². The first-order chi connectivity index (χ1) is 9.97. The van der Waals surface area contributed by atoms with Gasteiger partial charge in [0.05, 0.1) is 11.6 Å². The highest BCUT2D eigenvalue weighted by molar-refractivity contribution is 5.93. The molecule has 1 unspecified atom stereocenters. The second kappa shape index (κ2) is 6.04. The maximum Gasteiger partial charge on any atom is 0.335 e. The number of aromatic nitrogens is 3. The van der Waals surface area contributed by atoms with Crippen molar-refractivity contribution in [3.63, 3.8) is 0 Å². The van der Waals surface area contributed by atoms with E-state index < -0.39 is 12.0 Å². The van der Waals surface area contributed by atoms with Crippen LogP contribution in [-0.2, 0) is 7.05 Å². The lowest BCUT2D eigenvalue weighted by molar-refractivity contribution is 0.0697. The molecule has 0 aliphatic carbocycles. The van der Waals surface area contributed by atoms with Gasteiger partial charge in [0, 0.05) is 12.7 Å². The summed E-state index contributed by atoms with van der Waals surface area (Å²) < 4.78 is 1.70. The van der Waals surface area contributed by atoms with Gasteiger partial charge in [-0.05, 0) is 25.1 Å². The van der Waals surface area contributed by atoms with Crippen molar-refractivity contribution in [1.29, 1.82) is 0 Å². The number of anilines is 1. The smallest absolute Gasteiger partial charge is 0.335 e. The van der Waals surface area contributed by atoms with Gasteiger partial charge >= 0.3 is 12.0 Å². The Balaban J connectivity index is 2.00. The molecule has 21 heavy (non-hydrogen) atoms. The molecule has 2 aromatic rings. The third-order valence-electron chi connectivity index (χ3n) is 2.85. The predicted molar refractivity (Wildman–Crippen MR) is 75.0 cm³/mol. The van der Waals surface area contributed by atoms with Gasteiger partial charge in [0.15, 0.2) is 5.82 Å². The molecule has 8 nitrogen and oxygen atoms in total. The molecular formula is C13H15N5O3. The lowest BCUT2D eigenvalue weighted by Gasteiger charge is -2.14. The first-order valence-electron chi connectivity index (χ1n) is 6.22. The average Bonchev–Trinajstić information content (AvgIpc) is 2.85. The number of hydrogen-bond acceptors (Lipinski definition) is 4. The van der Waals surface area contributed by atoms with Crippen LogP contribution < -0.4 is 10.6 Å². The summed E-state index contributed by atoms with van der Waals surface area (Å²) in [5.41, 5.74) is 0.506. The molecule has 0 bridgehead atoms. The normalized spacial score (nSPS) is 11.7. The summed E-state index contributed by atoms with van der Waals surface area (Å²) in [7, 11) is 1.78. The highest BCUT2D eigenvalue weighted by Gasteiger charge is 2.14. The van der Waals surface area contributed by atoms with Crippen molar-refractivity contribution < 1.29 is 14.7 Å². The molecule has 1 aromatic heterocycles. The van der Waals surface area contributed by atoms with Gasteiger partial charge < -0.3 is 20.3 Å². The van der Waals surface area contributed by atoms with Gasteiger partial charge in [-0.1, -0.05) is 6.07 Å². The van der Waals surface area contributed by atoms with Gasteiger partial charge in [-0.15, -0.1) is 10.2 Å². The summed E-state index contributed by atoms with van der Waals surface area (Å²) in [5, 5.41) is 21.8. The Kier molecular flexibility index (Phi) is 4.17. The molecule has 0 aliphatic heterocycles. The molecule has 0 spiro atoms. The maximum absolute atomic E-state index is 11.9. The van der Waals surface area contributed by atoms with Gasteiger partial charge in [0.2, 0.25) is 0 Å². The minimum atomic E-state index is -1.05. The Hall–Kier alpha value is -2.90. The van der Waals surface area contributed by atoms with E-state index in [1.165, 1.54) is 12.1 Å². The van der Waals surface area contributed by atoms with Crippen LogP contribution in [0.2, 0.25) is 0 Å². The summed E-state index contributed by atoms with van der Waals surface area (Å²) in [6, 6.07) is 5.22. The topological polar surface area (TPSA) is 109 Å². The first-order valence-corrected chi connectivity index (χ1v) is 6.22. The van der Waals surface area contributed by atoms with E-state index in [4.69, 9.17) is 5.11 Å². The number of carbonyl (C=O) groups excluding carboxylic acids is 1. The zero-order valence-corrected chi connectivity index (χ0v) is 11.6. The Bertz CT molecular complexity index is 667.